The van der Waals surface area contributed by atoms with Gasteiger partial charge in [-0.1, -0.05) is 37.6 Å². The highest BCUT2D eigenvalue weighted by atomic mass is 19.1. The van der Waals surface area contributed by atoms with Crippen LogP contribution in [-0.4, -0.2) is 23.5 Å². The average Bonchev–Trinajstić information content (AvgIpc) is 2.64. The van der Waals surface area contributed by atoms with Crippen molar-refractivity contribution in [3.8, 4) is 0 Å². The minimum absolute atomic E-state index is 0.228. The van der Waals surface area contributed by atoms with E-state index in [-0.39, 0.29) is 18.4 Å². The van der Waals surface area contributed by atoms with E-state index in [4.69, 9.17) is 0 Å². The summed E-state index contributed by atoms with van der Waals surface area (Å²) in [4.78, 5) is 24.5. The van der Waals surface area contributed by atoms with E-state index in [9.17, 15) is 19.1 Å². The van der Waals surface area contributed by atoms with E-state index in [2.05, 4.69) is 6.92 Å². The number of rotatable bonds is 9. The van der Waals surface area contributed by atoms with Crippen LogP contribution in [0.4, 0.5) is 4.39 Å². The molecule has 0 amide bonds. The van der Waals surface area contributed by atoms with Crippen LogP contribution in [0.25, 0.3) is 0 Å². The first-order chi connectivity index (χ1) is 12.0. The largest absolute Gasteiger partial charge is 0.481 e. The zero-order valence-electron chi connectivity index (χ0n) is 15.1. The first-order valence-corrected chi connectivity index (χ1v) is 9.45. The van der Waals surface area contributed by atoms with Crippen molar-refractivity contribution in [2.24, 2.45) is 5.92 Å². The molecule has 0 aliphatic heterocycles. The lowest BCUT2D eigenvalue weighted by molar-refractivity contribution is -0.144. The van der Waals surface area contributed by atoms with Crippen LogP contribution >= 0.6 is 0 Å². The summed E-state index contributed by atoms with van der Waals surface area (Å²) >= 11 is 0. The number of carboxylic acid groups (broad SMARTS) is 1. The molecule has 1 aliphatic carbocycles. The lowest BCUT2D eigenvalue weighted by Gasteiger charge is -2.40. The van der Waals surface area contributed by atoms with Crippen LogP contribution in [-0.2, 0) is 21.4 Å². The fraction of sp³-hybridized carbons (Fsp3) is 0.619. The maximum absolute atomic E-state index is 13.2. The number of hydrogen-bond acceptors (Lipinski definition) is 2. The number of aliphatic carboxylic acids is 1. The van der Waals surface area contributed by atoms with Gasteiger partial charge in [0.2, 0.25) is 0 Å². The molecule has 1 N–H and O–H groups in total. The quantitative estimate of drug-likeness (QED) is 0.693. The molecular formula is C21H29FO3. The van der Waals surface area contributed by atoms with Gasteiger partial charge >= 0.3 is 5.97 Å². The summed E-state index contributed by atoms with van der Waals surface area (Å²) in [7, 11) is 0. The summed E-state index contributed by atoms with van der Waals surface area (Å²) < 4.78 is 12.7. The Morgan fingerprint density at radius 1 is 1.20 bits per heavy atom. The van der Waals surface area contributed by atoms with Crippen LogP contribution in [0.15, 0.2) is 24.3 Å². The minimum atomic E-state index is -0.764. The summed E-state index contributed by atoms with van der Waals surface area (Å²) in [5.41, 5.74) is 1.46. The van der Waals surface area contributed by atoms with E-state index >= 15 is 0 Å². The normalized spacial score (nSPS) is 23.4. The smallest absolute Gasteiger partial charge is 0.306 e. The maximum atomic E-state index is 13.2. The Kier molecular flexibility index (Phi) is 7.15. The number of alkyl halides is 1. The SMILES string of the molecule is CCCCC(=O)C1(c2ccccc2CCCF)CCC(C(=O)O)CC1. The van der Waals surface area contributed by atoms with Gasteiger partial charge in [-0.25, -0.2) is 0 Å². The molecule has 0 atom stereocenters. The Hall–Kier alpha value is -1.71. The van der Waals surface area contributed by atoms with E-state index in [1.54, 1.807) is 0 Å². The summed E-state index contributed by atoms with van der Waals surface area (Å²) in [6, 6.07) is 7.86. The van der Waals surface area contributed by atoms with Gasteiger partial charge in [0.05, 0.1) is 18.0 Å². The van der Waals surface area contributed by atoms with Crippen molar-refractivity contribution in [3.63, 3.8) is 0 Å². The molecular weight excluding hydrogens is 319 g/mol. The molecule has 0 saturated heterocycles. The molecule has 0 heterocycles. The second kappa shape index (κ2) is 9.12. The van der Waals surface area contributed by atoms with Gasteiger partial charge in [0.1, 0.15) is 5.78 Å². The van der Waals surface area contributed by atoms with Gasteiger partial charge in [0.15, 0.2) is 0 Å². The highest BCUT2D eigenvalue weighted by molar-refractivity contribution is 5.91. The summed E-state index contributed by atoms with van der Waals surface area (Å²) in [5.74, 6) is -0.892. The summed E-state index contributed by atoms with van der Waals surface area (Å²) in [6.45, 7) is 1.70. The molecule has 1 fully saturated rings. The lowest BCUT2D eigenvalue weighted by atomic mass is 9.62. The first kappa shape index (κ1) is 19.6. The number of ketones is 1. The highest BCUT2D eigenvalue weighted by Crippen LogP contribution is 2.45. The summed E-state index contributed by atoms with van der Waals surface area (Å²) in [5, 5.41) is 9.30. The second-order valence-corrected chi connectivity index (χ2v) is 7.17. The molecule has 2 rings (SSSR count). The predicted molar refractivity (Wildman–Crippen MR) is 96.5 cm³/mol. The fourth-order valence-electron chi connectivity index (χ4n) is 4.09. The van der Waals surface area contributed by atoms with Gasteiger partial charge in [-0.05, 0) is 56.1 Å². The van der Waals surface area contributed by atoms with Gasteiger partial charge in [0.25, 0.3) is 0 Å². The molecule has 0 bridgehead atoms. The van der Waals surface area contributed by atoms with Crippen molar-refractivity contribution in [3.05, 3.63) is 35.4 Å². The Bertz CT molecular complexity index is 589. The number of unbranched alkanes of at least 4 members (excludes halogenated alkanes) is 1. The topological polar surface area (TPSA) is 54.4 Å². The molecule has 0 aromatic heterocycles. The van der Waals surface area contributed by atoms with E-state index < -0.39 is 11.4 Å². The zero-order chi connectivity index (χ0) is 18.3. The fourth-order valence-corrected chi connectivity index (χ4v) is 4.09. The van der Waals surface area contributed by atoms with Crippen molar-refractivity contribution in [2.75, 3.05) is 6.67 Å². The van der Waals surface area contributed by atoms with Crippen LogP contribution in [0.2, 0.25) is 0 Å². The highest BCUT2D eigenvalue weighted by Gasteiger charge is 2.44. The van der Waals surface area contributed by atoms with Crippen LogP contribution in [0, 0.1) is 5.92 Å². The van der Waals surface area contributed by atoms with Crippen molar-refractivity contribution < 1.29 is 19.1 Å². The number of carbonyl (C=O) groups is 2. The molecule has 4 heteroatoms. The Labute approximate surface area is 149 Å². The Balaban J connectivity index is 2.36. The van der Waals surface area contributed by atoms with Gasteiger partial charge in [-0.3, -0.25) is 14.0 Å². The van der Waals surface area contributed by atoms with Gasteiger partial charge in [-0.15, -0.1) is 0 Å². The van der Waals surface area contributed by atoms with E-state index in [1.165, 1.54) is 0 Å². The van der Waals surface area contributed by atoms with E-state index in [0.29, 0.717) is 44.9 Å². The van der Waals surface area contributed by atoms with E-state index in [0.717, 1.165) is 24.0 Å². The predicted octanol–water partition coefficient (Wildman–Crippen LogP) is 4.86. The number of benzene rings is 1. The van der Waals surface area contributed by atoms with Crippen molar-refractivity contribution in [1.29, 1.82) is 0 Å². The van der Waals surface area contributed by atoms with Crippen molar-refractivity contribution in [1.82, 2.24) is 0 Å². The molecule has 138 valence electrons. The molecule has 3 nitrogen and oxygen atoms in total. The van der Waals surface area contributed by atoms with Crippen molar-refractivity contribution >= 4 is 11.8 Å². The van der Waals surface area contributed by atoms with Gasteiger partial charge < -0.3 is 5.11 Å². The van der Waals surface area contributed by atoms with Crippen LogP contribution in [0.5, 0.6) is 0 Å². The molecule has 1 saturated carbocycles. The molecule has 1 aliphatic rings. The van der Waals surface area contributed by atoms with Crippen LogP contribution in [0.1, 0.15) is 69.4 Å². The molecule has 1 aromatic rings. The molecule has 0 spiro atoms. The van der Waals surface area contributed by atoms with Crippen LogP contribution in [0.3, 0.4) is 0 Å². The zero-order valence-corrected chi connectivity index (χ0v) is 15.1. The van der Waals surface area contributed by atoms with E-state index in [1.807, 2.05) is 24.3 Å². The lowest BCUT2D eigenvalue weighted by Crippen LogP contribution is -2.41. The average molecular weight is 348 g/mol. The molecule has 1 aromatic carbocycles. The van der Waals surface area contributed by atoms with Crippen molar-refractivity contribution in [2.45, 2.75) is 70.1 Å². The number of carboxylic acids is 1. The standard InChI is InChI=1S/C21H29FO3/c1-2-3-10-19(23)21(13-11-17(12-14-21)20(24)25)18-9-5-4-7-16(18)8-6-15-22/h4-5,7,9,17H,2-3,6,8,10-15H2,1H3,(H,24,25). The number of Topliss-reactive ketones (excluding diaryl/α,β-unsaturated/α-hetero) is 1. The number of halogens is 1. The van der Waals surface area contributed by atoms with Crippen LogP contribution < -0.4 is 0 Å². The van der Waals surface area contributed by atoms with Gasteiger partial charge in [0, 0.05) is 6.42 Å². The number of hydrogen-bond donors (Lipinski definition) is 1. The Morgan fingerprint density at radius 3 is 2.48 bits per heavy atom. The monoisotopic (exact) mass is 348 g/mol. The molecule has 25 heavy (non-hydrogen) atoms. The molecule has 0 unspecified atom stereocenters. The third-order valence-electron chi connectivity index (χ3n) is 5.59. The minimum Gasteiger partial charge on any atom is -0.481 e. The third-order valence-corrected chi connectivity index (χ3v) is 5.59. The summed E-state index contributed by atoms with van der Waals surface area (Å²) in [6.07, 6.45) is 5.66. The van der Waals surface area contributed by atoms with Gasteiger partial charge in [-0.2, -0.15) is 0 Å². The number of carbonyl (C=O) groups excluding carboxylic acids is 1. The Morgan fingerprint density at radius 2 is 1.88 bits per heavy atom. The third kappa shape index (κ3) is 4.47. The second-order valence-electron chi connectivity index (χ2n) is 7.17. The number of aryl methyl sites for hydroxylation is 1. The maximum Gasteiger partial charge on any atom is 0.306 e. The first-order valence-electron chi connectivity index (χ1n) is 9.45. The molecule has 0 radical (unpaired) electrons.